The van der Waals surface area contributed by atoms with Crippen LogP contribution >= 0.6 is 11.6 Å². The molecule has 1 amide bonds. The summed E-state index contributed by atoms with van der Waals surface area (Å²) in [6.45, 7) is 4.28. The molecule has 0 atom stereocenters. The number of halogens is 1. The van der Waals surface area contributed by atoms with Crippen LogP contribution in [0.4, 0.5) is 0 Å². The first-order chi connectivity index (χ1) is 9.93. The number of carboxylic acid groups (broad SMARTS) is 1. The summed E-state index contributed by atoms with van der Waals surface area (Å²) in [6.07, 6.45) is 2.56. The van der Waals surface area contributed by atoms with Gasteiger partial charge in [0.2, 0.25) is 0 Å². The average Bonchev–Trinajstić information content (AvgIpc) is 2.73. The fourth-order valence-electron chi connectivity index (χ4n) is 2.76. The molecule has 2 N–H and O–H groups in total. The van der Waals surface area contributed by atoms with Crippen molar-refractivity contribution in [3.8, 4) is 0 Å². The van der Waals surface area contributed by atoms with Gasteiger partial charge in [-0.25, -0.2) is 0 Å². The summed E-state index contributed by atoms with van der Waals surface area (Å²) in [7, 11) is 0. The van der Waals surface area contributed by atoms with Gasteiger partial charge in [0.1, 0.15) is 5.15 Å². The van der Waals surface area contributed by atoms with Gasteiger partial charge in [-0.1, -0.05) is 11.6 Å². The third kappa shape index (κ3) is 3.37. The van der Waals surface area contributed by atoms with Gasteiger partial charge in [-0.05, 0) is 39.5 Å². The van der Waals surface area contributed by atoms with E-state index in [1.165, 1.54) is 0 Å². The molecule has 0 spiro atoms. The fraction of sp³-hybridized carbons (Fsp3) is 0.643. The Morgan fingerprint density at radius 1 is 1.38 bits per heavy atom. The van der Waals surface area contributed by atoms with Gasteiger partial charge < -0.3 is 10.4 Å². The highest BCUT2D eigenvalue weighted by atomic mass is 35.5. The van der Waals surface area contributed by atoms with Crippen LogP contribution in [0.5, 0.6) is 0 Å². The number of carbonyl (C=O) groups excluding carboxylic acids is 1. The average molecular weight is 314 g/mol. The molecule has 1 fully saturated rings. The number of rotatable bonds is 4. The summed E-state index contributed by atoms with van der Waals surface area (Å²) in [6, 6.07) is 0.00791. The minimum atomic E-state index is -0.747. The summed E-state index contributed by atoms with van der Waals surface area (Å²) in [5.74, 6) is -1.26. The van der Waals surface area contributed by atoms with Crippen LogP contribution in [0.2, 0.25) is 5.15 Å². The third-order valence-corrected chi connectivity index (χ3v) is 4.39. The molecule has 7 heteroatoms. The van der Waals surface area contributed by atoms with Gasteiger partial charge in [0.05, 0.1) is 17.2 Å². The summed E-state index contributed by atoms with van der Waals surface area (Å²) < 4.78 is 1.59. The van der Waals surface area contributed by atoms with Gasteiger partial charge in [0.15, 0.2) is 0 Å². The summed E-state index contributed by atoms with van der Waals surface area (Å²) in [4.78, 5) is 23.2. The zero-order valence-electron chi connectivity index (χ0n) is 12.2. The van der Waals surface area contributed by atoms with E-state index in [1.54, 1.807) is 11.6 Å². The fourth-order valence-corrected chi connectivity index (χ4v) is 3.14. The number of carboxylic acids is 1. The molecule has 1 aliphatic carbocycles. The maximum atomic E-state index is 12.3. The maximum Gasteiger partial charge on any atom is 0.306 e. The molecule has 0 aromatic carbocycles. The number of amides is 1. The summed E-state index contributed by atoms with van der Waals surface area (Å²) >= 11 is 6.17. The van der Waals surface area contributed by atoms with E-state index in [9.17, 15) is 9.59 Å². The molecule has 2 rings (SSSR count). The van der Waals surface area contributed by atoms with Crippen LogP contribution in [0.1, 0.15) is 48.7 Å². The SMILES string of the molecule is CCn1nc(C)c(C(=O)NC2CCC(C(=O)O)CC2)c1Cl. The second-order valence-electron chi connectivity index (χ2n) is 5.43. The van der Waals surface area contributed by atoms with Crippen LogP contribution in [0.15, 0.2) is 0 Å². The number of carbonyl (C=O) groups is 2. The van der Waals surface area contributed by atoms with E-state index in [1.807, 2.05) is 6.92 Å². The number of aliphatic carboxylic acids is 1. The smallest absolute Gasteiger partial charge is 0.306 e. The van der Waals surface area contributed by atoms with Gasteiger partial charge in [-0.15, -0.1) is 0 Å². The van der Waals surface area contributed by atoms with E-state index in [0.29, 0.717) is 48.6 Å². The molecular weight excluding hydrogens is 294 g/mol. The minimum Gasteiger partial charge on any atom is -0.481 e. The Balaban J connectivity index is 2.00. The molecule has 21 heavy (non-hydrogen) atoms. The Kier molecular flexibility index (Phi) is 4.88. The normalized spacial score (nSPS) is 22.0. The standard InChI is InChI=1S/C14H20ClN3O3/c1-3-18-12(15)11(8(2)17-18)13(19)16-10-6-4-9(5-7-10)14(20)21/h9-10H,3-7H2,1-2H3,(H,16,19)(H,20,21). The number of hydrogen-bond donors (Lipinski definition) is 2. The van der Waals surface area contributed by atoms with Crippen LogP contribution in [0.25, 0.3) is 0 Å². The van der Waals surface area contributed by atoms with Gasteiger partial charge in [0.25, 0.3) is 5.91 Å². The third-order valence-electron chi connectivity index (χ3n) is 4.00. The highest BCUT2D eigenvalue weighted by Crippen LogP contribution is 2.25. The van der Waals surface area contributed by atoms with Crippen LogP contribution in [0, 0.1) is 12.8 Å². The second-order valence-corrected chi connectivity index (χ2v) is 5.79. The number of aryl methyl sites for hydroxylation is 2. The summed E-state index contributed by atoms with van der Waals surface area (Å²) in [5, 5.41) is 16.5. The predicted octanol–water partition coefficient (Wildman–Crippen LogP) is 2.24. The van der Waals surface area contributed by atoms with E-state index in [4.69, 9.17) is 16.7 Å². The molecular formula is C14H20ClN3O3. The van der Waals surface area contributed by atoms with Gasteiger partial charge in [0, 0.05) is 12.6 Å². The molecule has 0 saturated heterocycles. The van der Waals surface area contributed by atoms with Crippen molar-refractivity contribution in [2.24, 2.45) is 5.92 Å². The Morgan fingerprint density at radius 3 is 2.48 bits per heavy atom. The van der Waals surface area contributed by atoms with Crippen molar-refractivity contribution in [1.82, 2.24) is 15.1 Å². The maximum absolute atomic E-state index is 12.3. The molecule has 6 nitrogen and oxygen atoms in total. The number of aromatic nitrogens is 2. The highest BCUT2D eigenvalue weighted by molar-refractivity contribution is 6.33. The number of hydrogen-bond acceptors (Lipinski definition) is 3. The quantitative estimate of drug-likeness (QED) is 0.893. The van der Waals surface area contributed by atoms with E-state index in [-0.39, 0.29) is 17.9 Å². The topological polar surface area (TPSA) is 84.2 Å². The molecule has 0 bridgehead atoms. The van der Waals surface area contributed by atoms with Gasteiger partial charge in [-0.3, -0.25) is 14.3 Å². The van der Waals surface area contributed by atoms with E-state index in [0.717, 1.165) is 0 Å². The minimum absolute atomic E-state index is 0.00791. The predicted molar refractivity (Wildman–Crippen MR) is 78.5 cm³/mol. The highest BCUT2D eigenvalue weighted by Gasteiger charge is 2.28. The number of nitrogens with one attached hydrogen (secondary N) is 1. The van der Waals surface area contributed by atoms with Crippen molar-refractivity contribution >= 4 is 23.5 Å². The van der Waals surface area contributed by atoms with Crippen molar-refractivity contribution in [3.05, 3.63) is 16.4 Å². The molecule has 0 aliphatic heterocycles. The lowest BCUT2D eigenvalue weighted by Crippen LogP contribution is -2.39. The van der Waals surface area contributed by atoms with Crippen molar-refractivity contribution in [3.63, 3.8) is 0 Å². The summed E-state index contributed by atoms with van der Waals surface area (Å²) in [5.41, 5.74) is 1.03. The molecule has 1 aliphatic rings. The Hall–Kier alpha value is -1.56. The zero-order chi connectivity index (χ0) is 15.6. The van der Waals surface area contributed by atoms with Gasteiger partial charge >= 0.3 is 5.97 Å². The first-order valence-corrected chi connectivity index (χ1v) is 7.58. The Morgan fingerprint density at radius 2 is 2.00 bits per heavy atom. The molecule has 1 saturated carbocycles. The number of nitrogens with zero attached hydrogens (tertiary/aromatic N) is 2. The van der Waals surface area contributed by atoms with E-state index < -0.39 is 5.97 Å². The first kappa shape index (κ1) is 15.8. The monoisotopic (exact) mass is 313 g/mol. The van der Waals surface area contributed by atoms with E-state index in [2.05, 4.69) is 10.4 Å². The molecule has 1 aromatic rings. The lowest BCUT2D eigenvalue weighted by Gasteiger charge is -2.26. The van der Waals surface area contributed by atoms with Gasteiger partial charge in [-0.2, -0.15) is 5.10 Å². The van der Waals surface area contributed by atoms with Crippen LogP contribution in [0.3, 0.4) is 0 Å². The van der Waals surface area contributed by atoms with Crippen LogP contribution in [-0.2, 0) is 11.3 Å². The Bertz CT molecular complexity index is 548. The lowest BCUT2D eigenvalue weighted by atomic mass is 9.86. The van der Waals surface area contributed by atoms with E-state index >= 15 is 0 Å². The van der Waals surface area contributed by atoms with Crippen LogP contribution < -0.4 is 5.32 Å². The second kappa shape index (κ2) is 6.47. The molecule has 0 radical (unpaired) electrons. The molecule has 1 aromatic heterocycles. The van der Waals surface area contributed by atoms with Crippen molar-refractivity contribution in [1.29, 1.82) is 0 Å². The van der Waals surface area contributed by atoms with Crippen LogP contribution in [-0.4, -0.2) is 32.8 Å². The van der Waals surface area contributed by atoms with Crippen molar-refractivity contribution < 1.29 is 14.7 Å². The van der Waals surface area contributed by atoms with Crippen molar-refractivity contribution in [2.45, 2.75) is 52.1 Å². The molecule has 116 valence electrons. The van der Waals surface area contributed by atoms with Crippen molar-refractivity contribution in [2.75, 3.05) is 0 Å². The Labute approximate surface area is 128 Å². The largest absolute Gasteiger partial charge is 0.481 e. The first-order valence-electron chi connectivity index (χ1n) is 7.20. The molecule has 1 heterocycles. The zero-order valence-corrected chi connectivity index (χ0v) is 13.0. The molecule has 0 unspecified atom stereocenters. The lowest BCUT2D eigenvalue weighted by molar-refractivity contribution is -0.142.